The van der Waals surface area contributed by atoms with E-state index in [9.17, 15) is 9.70 Å². The largest absolute Gasteiger partial charge is 0.383 e. The van der Waals surface area contributed by atoms with Crippen LogP contribution in [0.3, 0.4) is 0 Å². The van der Waals surface area contributed by atoms with E-state index in [1.165, 1.54) is 0 Å². The molecule has 1 atom stereocenters. The number of anilines is 1. The molecule has 120 valence electrons. The van der Waals surface area contributed by atoms with Gasteiger partial charge in [-0.2, -0.15) is 4.91 Å². The first-order chi connectivity index (χ1) is 11.1. The zero-order valence-electron chi connectivity index (χ0n) is 13.2. The Kier molecular flexibility index (Phi) is 6.00. The molecule has 0 spiro atoms. The number of ketones is 1. The molecule has 0 bridgehead atoms. The van der Waals surface area contributed by atoms with Gasteiger partial charge in [0, 0.05) is 17.8 Å². The van der Waals surface area contributed by atoms with E-state index in [1.807, 2.05) is 43.3 Å². The molecule has 0 amide bonds. The average molecular weight is 311 g/mol. The fourth-order valence-electron chi connectivity index (χ4n) is 2.39. The molecule has 2 aromatic carbocycles. The SMILES string of the molecule is Cc1cc(NCC(N)C(=O)c2ccccc2)ccc1CCN=O. The second kappa shape index (κ2) is 8.19. The summed E-state index contributed by atoms with van der Waals surface area (Å²) >= 11 is 0. The van der Waals surface area contributed by atoms with Crippen LogP contribution in [-0.2, 0) is 6.42 Å². The zero-order chi connectivity index (χ0) is 16.7. The van der Waals surface area contributed by atoms with Gasteiger partial charge in [0.15, 0.2) is 5.78 Å². The van der Waals surface area contributed by atoms with Crippen LogP contribution in [0.5, 0.6) is 0 Å². The van der Waals surface area contributed by atoms with Crippen LogP contribution in [0.4, 0.5) is 5.69 Å². The van der Waals surface area contributed by atoms with Crippen molar-refractivity contribution in [3.63, 3.8) is 0 Å². The van der Waals surface area contributed by atoms with Gasteiger partial charge in [0.25, 0.3) is 0 Å². The van der Waals surface area contributed by atoms with Crippen LogP contribution in [0, 0.1) is 11.8 Å². The van der Waals surface area contributed by atoms with Crippen molar-refractivity contribution in [2.75, 3.05) is 18.4 Å². The predicted molar refractivity (Wildman–Crippen MR) is 92.8 cm³/mol. The third-order valence-corrected chi connectivity index (χ3v) is 3.74. The Morgan fingerprint density at radius 1 is 1.22 bits per heavy atom. The van der Waals surface area contributed by atoms with Crippen LogP contribution < -0.4 is 11.1 Å². The minimum atomic E-state index is -0.600. The maximum atomic E-state index is 12.2. The summed E-state index contributed by atoms with van der Waals surface area (Å²) in [5.74, 6) is -0.0801. The number of nitrogens with one attached hydrogen (secondary N) is 1. The molecule has 23 heavy (non-hydrogen) atoms. The van der Waals surface area contributed by atoms with Crippen molar-refractivity contribution < 1.29 is 4.79 Å². The lowest BCUT2D eigenvalue weighted by Crippen LogP contribution is -2.37. The quantitative estimate of drug-likeness (QED) is 0.580. The molecule has 0 aliphatic rings. The number of aryl methyl sites for hydroxylation is 1. The number of benzene rings is 2. The Hall–Kier alpha value is -2.53. The van der Waals surface area contributed by atoms with Gasteiger partial charge in [-0.15, -0.1) is 0 Å². The molecule has 2 aromatic rings. The second-order valence-corrected chi connectivity index (χ2v) is 5.46. The predicted octanol–water partition coefficient (Wildman–Crippen LogP) is 2.93. The smallest absolute Gasteiger partial charge is 0.181 e. The first-order valence-corrected chi connectivity index (χ1v) is 7.59. The molecule has 0 aromatic heterocycles. The normalized spacial score (nSPS) is 11.7. The van der Waals surface area contributed by atoms with Crippen molar-refractivity contribution in [1.82, 2.24) is 0 Å². The monoisotopic (exact) mass is 311 g/mol. The van der Waals surface area contributed by atoms with Gasteiger partial charge in [-0.3, -0.25) is 4.79 Å². The maximum absolute atomic E-state index is 12.2. The van der Waals surface area contributed by atoms with Crippen LogP contribution >= 0.6 is 0 Å². The lowest BCUT2D eigenvalue weighted by Gasteiger charge is -2.14. The minimum Gasteiger partial charge on any atom is -0.383 e. The third kappa shape index (κ3) is 4.72. The molecule has 1 unspecified atom stereocenters. The Bertz CT molecular complexity index is 671. The lowest BCUT2D eigenvalue weighted by atomic mass is 10.0. The molecule has 0 radical (unpaired) electrons. The van der Waals surface area contributed by atoms with Crippen molar-refractivity contribution in [2.24, 2.45) is 10.9 Å². The topological polar surface area (TPSA) is 84.5 Å². The van der Waals surface area contributed by atoms with E-state index in [0.717, 1.165) is 16.8 Å². The molecule has 0 saturated carbocycles. The fraction of sp³-hybridized carbons (Fsp3) is 0.278. The second-order valence-electron chi connectivity index (χ2n) is 5.46. The van der Waals surface area contributed by atoms with E-state index in [-0.39, 0.29) is 12.3 Å². The molecular weight excluding hydrogens is 290 g/mol. The molecule has 2 rings (SSSR count). The molecule has 5 nitrogen and oxygen atoms in total. The maximum Gasteiger partial charge on any atom is 0.181 e. The summed E-state index contributed by atoms with van der Waals surface area (Å²) in [5.41, 5.74) is 9.68. The summed E-state index contributed by atoms with van der Waals surface area (Å²) < 4.78 is 0. The van der Waals surface area contributed by atoms with Gasteiger partial charge in [-0.05, 0) is 36.6 Å². The number of nitrogens with zero attached hydrogens (tertiary/aromatic N) is 1. The van der Waals surface area contributed by atoms with E-state index >= 15 is 0 Å². The highest BCUT2D eigenvalue weighted by Crippen LogP contribution is 2.16. The van der Waals surface area contributed by atoms with E-state index < -0.39 is 6.04 Å². The lowest BCUT2D eigenvalue weighted by molar-refractivity contribution is 0.0966. The van der Waals surface area contributed by atoms with Gasteiger partial charge in [-0.1, -0.05) is 41.6 Å². The standard InChI is InChI=1S/C18H21N3O2/c1-13-11-16(8-7-14(13)9-10-21-23)20-12-17(19)18(22)15-5-3-2-4-6-15/h2-8,11,17,20H,9-10,12,19H2,1H3. The van der Waals surface area contributed by atoms with E-state index in [1.54, 1.807) is 12.1 Å². The van der Waals surface area contributed by atoms with E-state index in [0.29, 0.717) is 18.5 Å². The average Bonchev–Trinajstić information content (AvgIpc) is 2.59. The molecule has 0 aliphatic carbocycles. The number of rotatable bonds is 8. The molecule has 0 fully saturated rings. The highest BCUT2D eigenvalue weighted by atomic mass is 16.3. The Morgan fingerprint density at radius 3 is 2.61 bits per heavy atom. The van der Waals surface area contributed by atoms with Gasteiger partial charge in [-0.25, -0.2) is 0 Å². The van der Waals surface area contributed by atoms with Gasteiger partial charge in [0.2, 0.25) is 0 Å². The van der Waals surface area contributed by atoms with Gasteiger partial charge < -0.3 is 11.1 Å². The molecule has 0 heterocycles. The summed E-state index contributed by atoms with van der Waals surface area (Å²) in [7, 11) is 0. The molecule has 5 heteroatoms. The van der Waals surface area contributed by atoms with Gasteiger partial charge in [0.1, 0.15) is 0 Å². The highest BCUT2D eigenvalue weighted by molar-refractivity contribution is 6.00. The summed E-state index contributed by atoms with van der Waals surface area (Å²) in [5, 5.41) is 6.07. The number of carbonyl (C=O) groups excluding carboxylic acids is 1. The molecule has 0 aliphatic heterocycles. The highest BCUT2D eigenvalue weighted by Gasteiger charge is 2.15. The summed E-state index contributed by atoms with van der Waals surface area (Å²) in [6.07, 6.45) is 0.640. The van der Waals surface area contributed by atoms with Crippen LogP contribution in [0.25, 0.3) is 0 Å². The number of carbonyl (C=O) groups is 1. The molecule has 0 saturated heterocycles. The summed E-state index contributed by atoms with van der Waals surface area (Å²) in [6.45, 7) is 2.63. The number of nitroso groups, excluding NO2 is 1. The van der Waals surface area contributed by atoms with Crippen molar-refractivity contribution >= 4 is 11.5 Å². The number of hydrogen-bond donors (Lipinski definition) is 2. The molecular formula is C18H21N3O2. The van der Waals surface area contributed by atoms with Crippen LogP contribution in [0.1, 0.15) is 21.5 Å². The van der Waals surface area contributed by atoms with Gasteiger partial charge in [0.05, 0.1) is 12.6 Å². The fourth-order valence-corrected chi connectivity index (χ4v) is 2.39. The number of nitrogens with two attached hydrogens (primary N) is 1. The van der Waals surface area contributed by atoms with Crippen molar-refractivity contribution in [3.8, 4) is 0 Å². The van der Waals surface area contributed by atoms with Crippen molar-refractivity contribution in [1.29, 1.82) is 0 Å². The number of hydrogen-bond acceptors (Lipinski definition) is 5. The Balaban J connectivity index is 1.94. The van der Waals surface area contributed by atoms with Crippen molar-refractivity contribution in [2.45, 2.75) is 19.4 Å². The third-order valence-electron chi connectivity index (χ3n) is 3.74. The van der Waals surface area contributed by atoms with Crippen LogP contribution in [0.2, 0.25) is 0 Å². The number of Topliss-reactive ketones (excluding diaryl/α,β-unsaturated/α-hetero) is 1. The molecule has 3 N–H and O–H groups in total. The first kappa shape index (κ1) is 16.8. The van der Waals surface area contributed by atoms with Crippen LogP contribution in [-0.4, -0.2) is 24.9 Å². The Labute approximate surface area is 135 Å². The Morgan fingerprint density at radius 2 is 1.96 bits per heavy atom. The van der Waals surface area contributed by atoms with E-state index in [2.05, 4.69) is 10.5 Å². The van der Waals surface area contributed by atoms with E-state index in [4.69, 9.17) is 5.73 Å². The first-order valence-electron chi connectivity index (χ1n) is 7.59. The van der Waals surface area contributed by atoms with Crippen molar-refractivity contribution in [3.05, 3.63) is 70.1 Å². The zero-order valence-corrected chi connectivity index (χ0v) is 13.2. The summed E-state index contributed by atoms with van der Waals surface area (Å²) in [4.78, 5) is 22.4. The van der Waals surface area contributed by atoms with Crippen LogP contribution in [0.15, 0.2) is 53.7 Å². The minimum absolute atomic E-state index is 0.0801. The summed E-state index contributed by atoms with van der Waals surface area (Å²) in [6, 6.07) is 14.3. The van der Waals surface area contributed by atoms with Gasteiger partial charge >= 0.3 is 0 Å².